The highest BCUT2D eigenvalue weighted by Crippen LogP contribution is 2.38. The van der Waals surface area contributed by atoms with Gasteiger partial charge in [-0.2, -0.15) is 0 Å². The summed E-state index contributed by atoms with van der Waals surface area (Å²) < 4.78 is 31.4. The van der Waals surface area contributed by atoms with E-state index in [1.165, 1.54) is 50.1 Å². The van der Waals surface area contributed by atoms with Crippen LogP contribution in [0.3, 0.4) is 0 Å². The van der Waals surface area contributed by atoms with E-state index in [0.717, 1.165) is 16.5 Å². The summed E-state index contributed by atoms with van der Waals surface area (Å²) >= 11 is 1.45. The third-order valence-electron chi connectivity index (χ3n) is 5.89. The van der Waals surface area contributed by atoms with Gasteiger partial charge in [-0.1, -0.05) is 0 Å². The van der Waals surface area contributed by atoms with Crippen molar-refractivity contribution in [1.82, 2.24) is 15.0 Å². The molecule has 9 nitrogen and oxygen atoms in total. The van der Waals surface area contributed by atoms with E-state index in [1.807, 2.05) is 18.4 Å². The Morgan fingerprint density at radius 1 is 1.03 bits per heavy atom. The highest BCUT2D eigenvalue weighted by molar-refractivity contribution is 7.13. The SMILES string of the molecule is COc1cc2nccc(Oc3ccc(NC(=O)c4cnc(C)c(-c5cc(C)cs5)c4O)cc3F)c2nc1OC. The minimum absolute atomic E-state index is 0.0268. The first-order valence-corrected chi connectivity index (χ1v) is 12.6. The van der Waals surface area contributed by atoms with Gasteiger partial charge in [-0.05, 0) is 43.0 Å². The van der Waals surface area contributed by atoms with Crippen LogP contribution in [0.15, 0.2) is 54.2 Å². The van der Waals surface area contributed by atoms with E-state index in [9.17, 15) is 9.90 Å². The van der Waals surface area contributed by atoms with Crippen LogP contribution < -0.4 is 19.5 Å². The fourth-order valence-corrected chi connectivity index (χ4v) is 4.98. The second kappa shape index (κ2) is 10.5. The molecule has 0 saturated heterocycles. The van der Waals surface area contributed by atoms with E-state index < -0.39 is 11.7 Å². The molecule has 39 heavy (non-hydrogen) atoms. The number of anilines is 1. The Morgan fingerprint density at radius 2 is 1.85 bits per heavy atom. The van der Waals surface area contributed by atoms with Crippen molar-refractivity contribution in [1.29, 1.82) is 0 Å². The molecular weight excluding hydrogens is 523 g/mol. The van der Waals surface area contributed by atoms with Crippen LogP contribution in [0.1, 0.15) is 21.6 Å². The summed E-state index contributed by atoms with van der Waals surface area (Å²) in [5, 5.41) is 15.4. The van der Waals surface area contributed by atoms with Crippen molar-refractivity contribution in [2.24, 2.45) is 0 Å². The van der Waals surface area contributed by atoms with Crippen molar-refractivity contribution in [3.8, 4) is 39.3 Å². The summed E-state index contributed by atoms with van der Waals surface area (Å²) in [7, 11) is 2.94. The molecule has 0 unspecified atom stereocenters. The molecule has 4 heterocycles. The van der Waals surface area contributed by atoms with E-state index in [0.29, 0.717) is 28.0 Å². The molecule has 5 aromatic rings. The first-order valence-electron chi connectivity index (χ1n) is 11.7. The number of rotatable bonds is 7. The van der Waals surface area contributed by atoms with Crippen LogP contribution >= 0.6 is 11.3 Å². The van der Waals surface area contributed by atoms with Crippen molar-refractivity contribution in [3.05, 3.63) is 76.8 Å². The van der Waals surface area contributed by atoms with Gasteiger partial charge in [-0.3, -0.25) is 14.8 Å². The largest absolute Gasteiger partial charge is 0.506 e. The lowest BCUT2D eigenvalue weighted by molar-refractivity contribution is 0.102. The lowest BCUT2D eigenvalue weighted by Crippen LogP contribution is -2.13. The quantitative estimate of drug-likeness (QED) is 0.245. The van der Waals surface area contributed by atoms with Crippen LogP contribution in [0, 0.1) is 19.7 Å². The van der Waals surface area contributed by atoms with Crippen molar-refractivity contribution in [3.63, 3.8) is 0 Å². The van der Waals surface area contributed by atoms with E-state index in [-0.39, 0.29) is 34.4 Å². The number of aromatic hydroxyl groups is 1. The summed E-state index contributed by atoms with van der Waals surface area (Å²) in [6.07, 6.45) is 2.80. The number of benzene rings is 1. The molecule has 2 N–H and O–H groups in total. The summed E-state index contributed by atoms with van der Waals surface area (Å²) in [6, 6.07) is 9.10. The zero-order chi connectivity index (χ0) is 27.7. The van der Waals surface area contributed by atoms with Gasteiger partial charge in [0.1, 0.15) is 16.8 Å². The summed E-state index contributed by atoms with van der Waals surface area (Å²) in [6.45, 7) is 3.70. The van der Waals surface area contributed by atoms with Crippen molar-refractivity contribution >= 4 is 34.0 Å². The predicted octanol–water partition coefficient (Wildman–Crippen LogP) is 6.28. The lowest BCUT2D eigenvalue weighted by atomic mass is 10.1. The average Bonchev–Trinajstić information content (AvgIpc) is 3.35. The van der Waals surface area contributed by atoms with Gasteiger partial charge in [0.05, 0.1) is 25.3 Å². The van der Waals surface area contributed by atoms with Crippen molar-refractivity contribution in [2.75, 3.05) is 19.5 Å². The van der Waals surface area contributed by atoms with E-state index in [1.54, 1.807) is 19.1 Å². The maximum absolute atomic E-state index is 15.1. The second-order valence-electron chi connectivity index (χ2n) is 8.55. The number of amides is 1. The van der Waals surface area contributed by atoms with Gasteiger partial charge in [0.25, 0.3) is 11.8 Å². The molecule has 0 fully saturated rings. The number of carbonyl (C=O) groups excluding carboxylic acids is 1. The van der Waals surface area contributed by atoms with Gasteiger partial charge < -0.3 is 24.6 Å². The van der Waals surface area contributed by atoms with Crippen molar-refractivity contribution in [2.45, 2.75) is 13.8 Å². The Bertz CT molecular complexity index is 1720. The zero-order valence-electron chi connectivity index (χ0n) is 21.4. The average molecular weight is 547 g/mol. The Balaban J connectivity index is 1.39. The van der Waals surface area contributed by atoms with E-state index in [2.05, 4.69) is 20.3 Å². The summed E-state index contributed by atoms with van der Waals surface area (Å²) in [5.74, 6) is -0.754. The molecule has 0 radical (unpaired) electrons. The molecule has 1 aromatic carbocycles. The first kappa shape index (κ1) is 25.9. The minimum atomic E-state index is -0.723. The van der Waals surface area contributed by atoms with Gasteiger partial charge in [0.15, 0.2) is 23.1 Å². The molecule has 5 rings (SSSR count). The van der Waals surface area contributed by atoms with Gasteiger partial charge in [-0.25, -0.2) is 9.37 Å². The van der Waals surface area contributed by atoms with Crippen LogP contribution in [0.4, 0.5) is 10.1 Å². The Hall–Kier alpha value is -4.77. The normalized spacial score (nSPS) is 10.9. The number of carbonyl (C=O) groups is 1. The van der Waals surface area contributed by atoms with Crippen molar-refractivity contribution < 1.29 is 28.5 Å². The molecule has 0 bridgehead atoms. The third kappa shape index (κ3) is 5.04. The van der Waals surface area contributed by atoms with Crippen LogP contribution in [-0.4, -0.2) is 40.2 Å². The fraction of sp³-hybridized carbons (Fsp3) is 0.143. The second-order valence-corrected chi connectivity index (χ2v) is 9.46. The molecule has 0 aliphatic carbocycles. The van der Waals surface area contributed by atoms with Crippen LogP contribution in [0.5, 0.6) is 28.9 Å². The highest BCUT2D eigenvalue weighted by Gasteiger charge is 2.21. The molecule has 11 heteroatoms. The number of fused-ring (bicyclic) bond motifs is 1. The number of methoxy groups -OCH3 is 2. The topological polar surface area (TPSA) is 116 Å². The van der Waals surface area contributed by atoms with Crippen LogP contribution in [-0.2, 0) is 0 Å². The zero-order valence-corrected chi connectivity index (χ0v) is 22.2. The molecule has 4 aromatic heterocycles. The Kier molecular flexibility index (Phi) is 6.99. The fourth-order valence-electron chi connectivity index (χ4n) is 3.98. The standard InChI is InChI=1S/C28H23FN4O5S/c1-14-9-23(39-13-14)24-15(2)31-12-17(26(24)34)27(35)32-16-5-6-20(18(29)10-16)38-21-7-8-30-19-11-22(36-3)28(37-4)33-25(19)21/h5-13H,1-4H3,(H,31,34)(H,32,35). The number of nitrogens with one attached hydrogen (secondary N) is 1. The number of aromatic nitrogens is 3. The maximum Gasteiger partial charge on any atom is 0.261 e. The molecular formula is C28H23FN4O5S. The Labute approximate surface area is 226 Å². The molecule has 0 spiro atoms. The van der Waals surface area contributed by atoms with E-state index >= 15 is 4.39 Å². The highest BCUT2D eigenvalue weighted by atomic mass is 32.1. The number of aryl methyl sites for hydroxylation is 2. The molecule has 0 aliphatic rings. The maximum atomic E-state index is 15.1. The van der Waals surface area contributed by atoms with Gasteiger partial charge in [-0.15, -0.1) is 11.3 Å². The van der Waals surface area contributed by atoms with Crippen LogP contribution in [0.25, 0.3) is 21.5 Å². The number of thiophene rings is 1. The molecule has 0 aliphatic heterocycles. The number of halogens is 1. The summed E-state index contributed by atoms with van der Waals surface area (Å²) in [4.78, 5) is 26.7. The first-order chi connectivity index (χ1) is 18.8. The number of pyridine rings is 3. The molecule has 0 atom stereocenters. The minimum Gasteiger partial charge on any atom is -0.506 e. The molecule has 0 saturated carbocycles. The number of nitrogens with zero attached hydrogens (tertiary/aromatic N) is 3. The Morgan fingerprint density at radius 3 is 2.54 bits per heavy atom. The van der Waals surface area contributed by atoms with E-state index in [4.69, 9.17) is 14.2 Å². The summed E-state index contributed by atoms with van der Waals surface area (Å²) in [5.41, 5.74) is 3.08. The lowest BCUT2D eigenvalue weighted by Gasteiger charge is -2.13. The monoisotopic (exact) mass is 546 g/mol. The smallest absolute Gasteiger partial charge is 0.261 e. The number of ether oxygens (including phenoxy) is 3. The van der Waals surface area contributed by atoms with Gasteiger partial charge >= 0.3 is 0 Å². The molecule has 1 amide bonds. The third-order valence-corrected chi connectivity index (χ3v) is 6.96. The van der Waals surface area contributed by atoms with Gasteiger partial charge in [0, 0.05) is 46.9 Å². The van der Waals surface area contributed by atoms with Gasteiger partial charge in [0.2, 0.25) is 0 Å². The number of hydrogen-bond acceptors (Lipinski definition) is 9. The number of hydrogen-bond donors (Lipinski definition) is 2. The molecule has 198 valence electrons. The predicted molar refractivity (Wildman–Crippen MR) is 146 cm³/mol. The van der Waals surface area contributed by atoms with Crippen LogP contribution in [0.2, 0.25) is 0 Å².